The average Bonchev–Trinajstić information content (AvgIpc) is 2.60. The number of aldehydes is 1. The number of ether oxygens (including phenoxy) is 1. The van der Waals surface area contributed by atoms with Crippen LogP contribution in [-0.2, 0) is 9.53 Å². The number of amides is 2. The first kappa shape index (κ1) is 21.6. The largest absolute Gasteiger partial charge is 0.444 e. The summed E-state index contributed by atoms with van der Waals surface area (Å²) >= 11 is 3.26. The third kappa shape index (κ3) is 6.77. The zero-order valence-electron chi connectivity index (χ0n) is 15.9. The lowest BCUT2D eigenvalue weighted by molar-refractivity contribution is -0.116. The van der Waals surface area contributed by atoms with Crippen molar-refractivity contribution in [3.63, 3.8) is 0 Å². The predicted molar refractivity (Wildman–Crippen MR) is 109 cm³/mol. The third-order valence-electron chi connectivity index (χ3n) is 3.55. The molecule has 1 heterocycles. The fraction of sp³-hybridized carbons (Fsp3) is 0.300. The number of carbonyl (C=O) groups is 3. The first-order chi connectivity index (χ1) is 13.2. The maximum atomic E-state index is 12.6. The van der Waals surface area contributed by atoms with E-state index in [1.807, 2.05) is 30.3 Å². The van der Waals surface area contributed by atoms with Gasteiger partial charge in [0.15, 0.2) is 6.29 Å². The number of nitrogens with zero attached hydrogens (tertiary/aromatic N) is 1. The summed E-state index contributed by atoms with van der Waals surface area (Å²) in [5.74, 6) is -0.382. The maximum absolute atomic E-state index is 12.6. The Balaban J connectivity index is 2.16. The van der Waals surface area contributed by atoms with E-state index in [0.29, 0.717) is 16.4 Å². The van der Waals surface area contributed by atoms with Crippen molar-refractivity contribution in [3.05, 3.63) is 58.3 Å². The molecule has 0 aliphatic carbocycles. The molecular weight excluding hydrogens is 426 g/mol. The molecule has 148 valence electrons. The molecule has 7 nitrogen and oxygen atoms in total. The van der Waals surface area contributed by atoms with E-state index < -0.39 is 17.7 Å². The summed E-state index contributed by atoms with van der Waals surface area (Å²) < 4.78 is 5.92. The molecule has 0 saturated carbocycles. The molecule has 1 atom stereocenters. The van der Waals surface area contributed by atoms with Gasteiger partial charge in [0, 0.05) is 10.7 Å². The van der Waals surface area contributed by atoms with Crippen molar-refractivity contribution < 1.29 is 19.1 Å². The van der Waals surface area contributed by atoms with E-state index >= 15 is 0 Å². The second kappa shape index (κ2) is 9.45. The van der Waals surface area contributed by atoms with Crippen molar-refractivity contribution in [3.8, 4) is 0 Å². The highest BCUT2D eigenvalue weighted by molar-refractivity contribution is 9.10. The lowest BCUT2D eigenvalue weighted by Gasteiger charge is -2.24. The van der Waals surface area contributed by atoms with Gasteiger partial charge in [-0.1, -0.05) is 30.3 Å². The summed E-state index contributed by atoms with van der Waals surface area (Å²) in [6.45, 7) is 5.29. The van der Waals surface area contributed by atoms with Gasteiger partial charge in [-0.05, 0) is 48.3 Å². The van der Waals surface area contributed by atoms with Gasteiger partial charge in [-0.2, -0.15) is 0 Å². The fourth-order valence-electron chi connectivity index (χ4n) is 2.42. The van der Waals surface area contributed by atoms with Gasteiger partial charge in [0.25, 0.3) is 0 Å². The minimum absolute atomic E-state index is 0.0476. The molecule has 2 aromatic rings. The molecular formula is C20H22BrN3O4. The first-order valence-electron chi connectivity index (χ1n) is 8.63. The standard InChI is InChI=1S/C20H22BrN3O4/c1-20(2,3)28-19(27)24-15(13-7-5-4-6-8-13)10-18(26)23-16-9-14(21)11-22-17(16)12-25/h4-9,11-12,15H,10H2,1-3H3,(H,23,26)(H,24,27)/t15-/m0/s1. The number of carbonyl (C=O) groups excluding carboxylic acids is 3. The summed E-state index contributed by atoms with van der Waals surface area (Å²) in [6.07, 6.45) is 1.37. The number of rotatable bonds is 6. The Kier molecular flexibility index (Phi) is 7.28. The number of halogens is 1. The monoisotopic (exact) mass is 447 g/mol. The van der Waals surface area contributed by atoms with Crippen LogP contribution in [0.15, 0.2) is 47.1 Å². The second-order valence-corrected chi connectivity index (χ2v) is 7.98. The Morgan fingerprint density at radius 2 is 1.93 bits per heavy atom. The van der Waals surface area contributed by atoms with Gasteiger partial charge in [0.05, 0.1) is 18.2 Å². The lowest BCUT2D eigenvalue weighted by Crippen LogP contribution is -2.36. The summed E-state index contributed by atoms with van der Waals surface area (Å²) in [6, 6.07) is 10.1. The number of anilines is 1. The number of aromatic nitrogens is 1. The van der Waals surface area contributed by atoms with Crippen LogP contribution >= 0.6 is 15.9 Å². The average molecular weight is 448 g/mol. The molecule has 0 aliphatic heterocycles. The van der Waals surface area contributed by atoms with E-state index in [9.17, 15) is 14.4 Å². The summed E-state index contributed by atoms with van der Waals surface area (Å²) in [5.41, 5.74) is 0.506. The molecule has 0 radical (unpaired) electrons. The highest BCUT2D eigenvalue weighted by Gasteiger charge is 2.23. The van der Waals surface area contributed by atoms with E-state index in [0.717, 1.165) is 5.56 Å². The molecule has 0 spiro atoms. The number of nitrogens with one attached hydrogen (secondary N) is 2. The summed E-state index contributed by atoms with van der Waals surface area (Å²) in [4.78, 5) is 39.9. The van der Waals surface area contributed by atoms with Gasteiger partial charge in [0.1, 0.15) is 11.3 Å². The minimum Gasteiger partial charge on any atom is -0.444 e. The molecule has 8 heteroatoms. The Bertz CT molecular complexity index is 850. The van der Waals surface area contributed by atoms with Gasteiger partial charge in [-0.3, -0.25) is 14.6 Å². The van der Waals surface area contributed by atoms with E-state index in [4.69, 9.17) is 4.74 Å². The van der Waals surface area contributed by atoms with E-state index in [1.165, 1.54) is 6.20 Å². The zero-order valence-corrected chi connectivity index (χ0v) is 17.4. The van der Waals surface area contributed by atoms with Crippen LogP contribution in [-0.4, -0.2) is 28.9 Å². The van der Waals surface area contributed by atoms with Crippen molar-refractivity contribution >= 4 is 39.9 Å². The number of benzene rings is 1. The quantitative estimate of drug-likeness (QED) is 0.644. The van der Waals surface area contributed by atoms with Crippen LogP contribution in [0, 0.1) is 0 Å². The topological polar surface area (TPSA) is 97.4 Å². The maximum Gasteiger partial charge on any atom is 0.408 e. The zero-order chi connectivity index (χ0) is 20.7. The number of pyridine rings is 1. The lowest BCUT2D eigenvalue weighted by atomic mass is 10.0. The highest BCUT2D eigenvalue weighted by Crippen LogP contribution is 2.21. The van der Waals surface area contributed by atoms with Crippen molar-refractivity contribution in [1.29, 1.82) is 0 Å². The van der Waals surface area contributed by atoms with Crippen molar-refractivity contribution in [2.45, 2.75) is 38.8 Å². The molecule has 0 bridgehead atoms. The number of hydrogen-bond donors (Lipinski definition) is 2. The fourth-order valence-corrected chi connectivity index (χ4v) is 2.75. The molecule has 2 rings (SSSR count). The van der Waals surface area contributed by atoms with E-state index in [2.05, 4.69) is 31.5 Å². The van der Waals surface area contributed by atoms with E-state index in [1.54, 1.807) is 26.8 Å². The molecule has 2 amide bonds. The van der Waals surface area contributed by atoms with Crippen molar-refractivity contribution in [1.82, 2.24) is 10.3 Å². The van der Waals surface area contributed by atoms with Gasteiger partial charge in [-0.15, -0.1) is 0 Å². The molecule has 2 N–H and O–H groups in total. The molecule has 1 aromatic heterocycles. The Morgan fingerprint density at radius 3 is 2.54 bits per heavy atom. The van der Waals surface area contributed by atoms with E-state index in [-0.39, 0.29) is 18.0 Å². The molecule has 0 aliphatic rings. The Hall–Kier alpha value is -2.74. The third-order valence-corrected chi connectivity index (χ3v) is 3.99. The van der Waals surface area contributed by atoms with Crippen LogP contribution in [0.3, 0.4) is 0 Å². The Morgan fingerprint density at radius 1 is 1.25 bits per heavy atom. The number of alkyl carbamates (subject to hydrolysis) is 1. The van der Waals surface area contributed by atoms with Crippen LogP contribution in [0.5, 0.6) is 0 Å². The smallest absolute Gasteiger partial charge is 0.408 e. The van der Waals surface area contributed by atoms with Crippen molar-refractivity contribution in [2.75, 3.05) is 5.32 Å². The summed E-state index contributed by atoms with van der Waals surface area (Å²) in [5, 5.41) is 5.40. The molecule has 0 saturated heterocycles. The van der Waals surface area contributed by atoms with Gasteiger partial charge in [0.2, 0.25) is 5.91 Å². The second-order valence-electron chi connectivity index (χ2n) is 7.07. The minimum atomic E-state index is -0.658. The molecule has 0 unspecified atom stereocenters. The summed E-state index contributed by atoms with van der Waals surface area (Å²) in [7, 11) is 0. The SMILES string of the molecule is CC(C)(C)OC(=O)N[C@@H](CC(=O)Nc1cc(Br)cnc1C=O)c1ccccc1. The Labute approximate surface area is 172 Å². The first-order valence-corrected chi connectivity index (χ1v) is 9.42. The molecule has 0 fully saturated rings. The predicted octanol–water partition coefficient (Wildman–Crippen LogP) is 4.25. The van der Waals surface area contributed by atoms with Gasteiger partial charge < -0.3 is 15.4 Å². The molecule has 1 aromatic carbocycles. The molecule has 28 heavy (non-hydrogen) atoms. The number of hydrogen-bond acceptors (Lipinski definition) is 5. The van der Waals surface area contributed by atoms with Crippen LogP contribution in [0.25, 0.3) is 0 Å². The van der Waals surface area contributed by atoms with Crippen LogP contribution < -0.4 is 10.6 Å². The van der Waals surface area contributed by atoms with Gasteiger partial charge in [-0.25, -0.2) is 4.79 Å². The highest BCUT2D eigenvalue weighted by atomic mass is 79.9. The van der Waals surface area contributed by atoms with Gasteiger partial charge >= 0.3 is 6.09 Å². The van der Waals surface area contributed by atoms with Crippen molar-refractivity contribution in [2.24, 2.45) is 0 Å². The normalized spacial score (nSPS) is 12.0. The van der Waals surface area contributed by atoms with Crippen LogP contribution in [0.1, 0.15) is 49.3 Å². The van der Waals surface area contributed by atoms with Crippen LogP contribution in [0.2, 0.25) is 0 Å². The van der Waals surface area contributed by atoms with Crippen LogP contribution in [0.4, 0.5) is 10.5 Å².